The van der Waals surface area contributed by atoms with E-state index in [1.54, 1.807) is 17.5 Å². The van der Waals surface area contributed by atoms with Crippen molar-refractivity contribution >= 4 is 23.2 Å². The van der Waals surface area contributed by atoms with Crippen LogP contribution in [0.1, 0.15) is 26.6 Å². The Morgan fingerprint density at radius 1 is 1.48 bits per heavy atom. The first-order valence-corrected chi connectivity index (χ1v) is 9.17. The molecule has 11 heteroatoms. The largest absolute Gasteiger partial charge is 0.383 e. The average molecular weight is 399 g/mol. The third-order valence-electron chi connectivity index (χ3n) is 4.13. The molecule has 3 heterocycles. The topological polar surface area (TPSA) is 89.4 Å². The lowest BCUT2D eigenvalue weighted by molar-refractivity contribution is 0.0118. The summed E-state index contributed by atoms with van der Waals surface area (Å²) in [7, 11) is 1.52. The molecule has 27 heavy (non-hydrogen) atoms. The Bertz CT molecular complexity index is 796. The molecule has 2 aromatic heterocycles. The molecular formula is C16H19F2N5O3S. The number of halogens is 2. The molecule has 0 bridgehead atoms. The highest BCUT2D eigenvalue weighted by atomic mass is 32.1. The average Bonchev–Trinajstić information content (AvgIpc) is 3.35. The Morgan fingerprint density at radius 3 is 3.00 bits per heavy atom. The molecule has 2 amide bonds. The number of hydrogen-bond acceptors (Lipinski definition) is 6. The van der Waals surface area contributed by atoms with E-state index in [0.717, 1.165) is 0 Å². The van der Waals surface area contributed by atoms with Gasteiger partial charge in [0.05, 0.1) is 36.8 Å². The van der Waals surface area contributed by atoms with Crippen molar-refractivity contribution in [2.24, 2.45) is 0 Å². The molecule has 0 aromatic carbocycles. The molecule has 1 atom stereocenters. The van der Waals surface area contributed by atoms with Crippen molar-refractivity contribution in [1.82, 2.24) is 25.2 Å². The minimum atomic E-state index is -2.96. The smallest absolute Gasteiger partial charge is 0.273 e. The van der Waals surface area contributed by atoms with E-state index in [2.05, 4.69) is 15.6 Å². The quantitative estimate of drug-likeness (QED) is 0.709. The van der Waals surface area contributed by atoms with Crippen molar-refractivity contribution in [3.63, 3.8) is 0 Å². The molecule has 3 rings (SSSR count). The molecule has 2 aromatic rings. The number of hydrogen-bond donors (Lipinski definition) is 1. The third kappa shape index (κ3) is 4.66. The second kappa shape index (κ2) is 8.09. The van der Waals surface area contributed by atoms with Gasteiger partial charge in [0.2, 0.25) is 0 Å². The fraction of sp³-hybridized carbons (Fsp3) is 0.500. The number of carbonyl (C=O) groups is 2. The third-order valence-corrected chi connectivity index (χ3v) is 4.99. The summed E-state index contributed by atoms with van der Waals surface area (Å²) < 4.78 is 34.0. The lowest BCUT2D eigenvalue weighted by atomic mass is 10.2. The van der Waals surface area contributed by atoms with E-state index < -0.39 is 36.7 Å². The predicted octanol–water partition coefficient (Wildman–Crippen LogP) is 1.27. The Labute approximate surface area is 158 Å². The molecule has 0 aliphatic carbocycles. The highest BCUT2D eigenvalue weighted by Gasteiger charge is 2.47. The maximum Gasteiger partial charge on any atom is 0.273 e. The standard InChI is InChI=1S/C16H19F2N5O3S/c1-26-5-4-19-14(24)12-9-22(21-20-12)8-11-7-16(17,18)10-23(11)15(25)13-3-2-6-27-13/h2-3,6,9,11H,4-5,7-8,10H2,1H3,(H,19,24)/t11-/m0/s1. The van der Waals surface area contributed by atoms with Gasteiger partial charge in [-0.1, -0.05) is 11.3 Å². The first kappa shape index (κ1) is 19.4. The molecule has 1 N–H and O–H groups in total. The van der Waals surface area contributed by atoms with Crippen LogP contribution >= 0.6 is 11.3 Å². The summed E-state index contributed by atoms with van der Waals surface area (Å²) in [6.45, 7) is 0.0788. The maximum atomic E-state index is 13.9. The zero-order valence-corrected chi connectivity index (χ0v) is 15.4. The highest BCUT2D eigenvalue weighted by molar-refractivity contribution is 7.12. The summed E-state index contributed by atoms with van der Waals surface area (Å²) in [5.74, 6) is -3.81. The first-order valence-electron chi connectivity index (χ1n) is 8.29. The molecule has 146 valence electrons. The monoisotopic (exact) mass is 399 g/mol. The number of carbonyl (C=O) groups excluding carboxylic acids is 2. The van der Waals surface area contributed by atoms with Gasteiger partial charge in [-0.3, -0.25) is 9.59 Å². The normalized spacial score (nSPS) is 18.6. The molecule has 0 unspecified atom stereocenters. The minimum Gasteiger partial charge on any atom is -0.383 e. The van der Waals surface area contributed by atoms with Crippen LogP contribution in [0.2, 0.25) is 0 Å². The lowest BCUT2D eigenvalue weighted by Crippen LogP contribution is -2.38. The van der Waals surface area contributed by atoms with Gasteiger partial charge < -0.3 is 15.0 Å². The van der Waals surface area contributed by atoms with Crippen LogP contribution in [0.4, 0.5) is 8.78 Å². The van der Waals surface area contributed by atoms with Crippen LogP contribution in [-0.4, -0.2) is 70.5 Å². The molecular weight excluding hydrogens is 380 g/mol. The highest BCUT2D eigenvalue weighted by Crippen LogP contribution is 2.34. The molecule has 0 saturated carbocycles. The summed E-state index contributed by atoms with van der Waals surface area (Å²) in [4.78, 5) is 26.1. The molecule has 0 radical (unpaired) electrons. The number of aromatic nitrogens is 3. The van der Waals surface area contributed by atoms with Crippen LogP contribution < -0.4 is 5.32 Å². The summed E-state index contributed by atoms with van der Waals surface area (Å²) in [5.41, 5.74) is 0.0759. The maximum absolute atomic E-state index is 13.9. The van der Waals surface area contributed by atoms with Gasteiger partial charge in [-0.25, -0.2) is 13.5 Å². The van der Waals surface area contributed by atoms with Gasteiger partial charge in [-0.2, -0.15) is 0 Å². The van der Waals surface area contributed by atoms with Crippen molar-refractivity contribution in [3.05, 3.63) is 34.3 Å². The number of ether oxygens (including phenoxy) is 1. The molecule has 1 aliphatic rings. The van der Waals surface area contributed by atoms with Crippen molar-refractivity contribution in [2.75, 3.05) is 26.8 Å². The SMILES string of the molecule is COCCNC(=O)c1cn(C[C@@H]2CC(F)(F)CN2C(=O)c2cccs2)nn1. The van der Waals surface area contributed by atoms with Crippen LogP contribution in [0.3, 0.4) is 0 Å². The number of alkyl halides is 2. The summed E-state index contributed by atoms with van der Waals surface area (Å²) in [5, 5.41) is 11.9. The van der Waals surface area contributed by atoms with Crippen LogP contribution in [0, 0.1) is 0 Å². The van der Waals surface area contributed by atoms with E-state index >= 15 is 0 Å². The van der Waals surface area contributed by atoms with Crippen LogP contribution in [0.15, 0.2) is 23.7 Å². The summed E-state index contributed by atoms with van der Waals surface area (Å²) >= 11 is 1.21. The lowest BCUT2D eigenvalue weighted by Gasteiger charge is -2.23. The Balaban J connectivity index is 1.68. The number of amides is 2. The number of likely N-dealkylation sites (tertiary alicyclic amines) is 1. The van der Waals surface area contributed by atoms with E-state index in [9.17, 15) is 18.4 Å². The number of rotatable bonds is 7. The summed E-state index contributed by atoms with van der Waals surface area (Å²) in [6.07, 6.45) is 0.922. The Kier molecular flexibility index (Phi) is 5.80. The summed E-state index contributed by atoms with van der Waals surface area (Å²) in [6, 6.07) is 2.58. The van der Waals surface area contributed by atoms with Crippen molar-refractivity contribution in [1.29, 1.82) is 0 Å². The van der Waals surface area contributed by atoms with E-state index in [1.165, 1.54) is 34.2 Å². The Hall–Kier alpha value is -2.40. The fourth-order valence-electron chi connectivity index (χ4n) is 2.91. The fourth-order valence-corrected chi connectivity index (χ4v) is 3.58. The van der Waals surface area contributed by atoms with E-state index in [-0.39, 0.29) is 12.2 Å². The van der Waals surface area contributed by atoms with Gasteiger partial charge in [-0.15, -0.1) is 16.4 Å². The van der Waals surface area contributed by atoms with Gasteiger partial charge in [0.15, 0.2) is 5.69 Å². The Morgan fingerprint density at radius 2 is 2.30 bits per heavy atom. The zero-order valence-electron chi connectivity index (χ0n) is 14.6. The molecule has 1 aliphatic heterocycles. The number of thiophene rings is 1. The van der Waals surface area contributed by atoms with Gasteiger partial charge in [0, 0.05) is 20.1 Å². The zero-order chi connectivity index (χ0) is 19.4. The van der Waals surface area contributed by atoms with Crippen molar-refractivity contribution in [2.45, 2.75) is 24.9 Å². The van der Waals surface area contributed by atoms with Gasteiger partial charge in [-0.05, 0) is 11.4 Å². The molecule has 8 nitrogen and oxygen atoms in total. The van der Waals surface area contributed by atoms with Crippen LogP contribution in [0.25, 0.3) is 0 Å². The molecule has 1 fully saturated rings. The van der Waals surface area contributed by atoms with Gasteiger partial charge in [0.1, 0.15) is 0 Å². The predicted molar refractivity (Wildman–Crippen MR) is 92.9 cm³/mol. The molecule has 0 spiro atoms. The van der Waals surface area contributed by atoms with Crippen LogP contribution in [0.5, 0.6) is 0 Å². The van der Waals surface area contributed by atoms with Crippen LogP contribution in [-0.2, 0) is 11.3 Å². The van der Waals surface area contributed by atoms with E-state index in [4.69, 9.17) is 4.74 Å². The van der Waals surface area contributed by atoms with Crippen molar-refractivity contribution < 1.29 is 23.1 Å². The van der Waals surface area contributed by atoms with Gasteiger partial charge >= 0.3 is 0 Å². The second-order valence-electron chi connectivity index (χ2n) is 6.20. The number of nitrogens with one attached hydrogen (secondary N) is 1. The van der Waals surface area contributed by atoms with E-state index in [1.807, 2.05) is 0 Å². The first-order chi connectivity index (χ1) is 12.9. The van der Waals surface area contributed by atoms with E-state index in [0.29, 0.717) is 18.0 Å². The second-order valence-corrected chi connectivity index (χ2v) is 7.15. The van der Waals surface area contributed by atoms with Crippen molar-refractivity contribution in [3.8, 4) is 0 Å². The number of methoxy groups -OCH3 is 1. The van der Waals surface area contributed by atoms with Gasteiger partial charge in [0.25, 0.3) is 17.7 Å². The molecule has 1 saturated heterocycles. The minimum absolute atomic E-state index is 0.0328. The number of nitrogens with zero attached hydrogens (tertiary/aromatic N) is 4.